The molecule has 0 bridgehead atoms. The third-order valence-corrected chi connectivity index (χ3v) is 5.14. The molecule has 0 radical (unpaired) electrons. The number of thioether (sulfide) groups is 1. The van der Waals surface area contributed by atoms with Gasteiger partial charge in [-0.1, -0.05) is 20.8 Å². The normalized spacial score (nSPS) is 35.6. The summed E-state index contributed by atoms with van der Waals surface area (Å²) in [5, 5.41) is 0.888. The van der Waals surface area contributed by atoms with Crippen LogP contribution in [0.4, 0.5) is 0 Å². The largest absolute Gasteiger partial charge is 0.327 e. The lowest BCUT2D eigenvalue weighted by atomic mass is 9.81. The Kier molecular flexibility index (Phi) is 5.32. The van der Waals surface area contributed by atoms with Crippen LogP contribution in [0.15, 0.2) is 0 Å². The molecule has 4 unspecified atom stereocenters. The Hall–Kier alpha value is 0.310. The van der Waals surface area contributed by atoms with E-state index in [-0.39, 0.29) is 0 Å². The van der Waals surface area contributed by atoms with Crippen molar-refractivity contribution in [2.24, 2.45) is 17.6 Å². The minimum atomic E-state index is 0.412. The first-order valence-corrected chi connectivity index (χ1v) is 7.05. The molecule has 0 aromatic rings. The maximum absolute atomic E-state index is 5.93. The molecule has 0 amide bonds. The second kappa shape index (κ2) is 6.02. The molecule has 0 aromatic carbocycles. The van der Waals surface area contributed by atoms with Crippen LogP contribution in [0.25, 0.3) is 0 Å². The average Bonchev–Trinajstić information content (AvgIpc) is 2.19. The lowest BCUT2D eigenvalue weighted by Crippen LogP contribution is -2.26. The highest BCUT2D eigenvalue weighted by Crippen LogP contribution is 2.35. The van der Waals surface area contributed by atoms with Gasteiger partial charge in [-0.05, 0) is 37.5 Å². The van der Waals surface area contributed by atoms with E-state index in [0.29, 0.717) is 6.04 Å². The van der Waals surface area contributed by atoms with Crippen molar-refractivity contribution < 1.29 is 0 Å². The van der Waals surface area contributed by atoms with Gasteiger partial charge in [0.15, 0.2) is 0 Å². The van der Waals surface area contributed by atoms with Crippen molar-refractivity contribution in [1.29, 1.82) is 0 Å². The molecule has 1 rings (SSSR count). The van der Waals surface area contributed by atoms with E-state index in [4.69, 9.17) is 5.73 Å². The first kappa shape index (κ1) is 12.4. The fourth-order valence-corrected chi connectivity index (χ4v) is 3.52. The zero-order valence-electron chi connectivity index (χ0n) is 9.83. The Morgan fingerprint density at radius 1 is 1.29 bits per heavy atom. The van der Waals surface area contributed by atoms with Crippen LogP contribution >= 0.6 is 11.8 Å². The van der Waals surface area contributed by atoms with E-state index in [0.717, 1.165) is 29.3 Å². The van der Waals surface area contributed by atoms with E-state index < -0.39 is 0 Å². The number of nitrogens with two attached hydrogens (primary N) is 1. The van der Waals surface area contributed by atoms with Crippen molar-refractivity contribution in [2.75, 3.05) is 5.75 Å². The second-order valence-corrected chi connectivity index (χ2v) is 6.22. The molecule has 1 aliphatic rings. The molecule has 0 heterocycles. The molecule has 1 fully saturated rings. The van der Waals surface area contributed by atoms with Crippen molar-refractivity contribution in [3.05, 3.63) is 0 Å². The molecule has 1 aliphatic carbocycles. The summed E-state index contributed by atoms with van der Waals surface area (Å²) in [7, 11) is 0. The standard InChI is InChI=1S/C12H25NS/c1-4-11(13)8-14-12-6-5-9(2)10(3)7-12/h9-12H,4-8,13H2,1-3H3. The molecule has 0 aliphatic heterocycles. The van der Waals surface area contributed by atoms with Gasteiger partial charge in [0.25, 0.3) is 0 Å². The summed E-state index contributed by atoms with van der Waals surface area (Å²) in [4.78, 5) is 0. The van der Waals surface area contributed by atoms with Gasteiger partial charge in [-0.15, -0.1) is 0 Å². The van der Waals surface area contributed by atoms with Gasteiger partial charge in [0.05, 0.1) is 0 Å². The van der Waals surface area contributed by atoms with E-state index in [1.54, 1.807) is 0 Å². The molecular weight excluding hydrogens is 190 g/mol. The summed E-state index contributed by atoms with van der Waals surface area (Å²) < 4.78 is 0. The Morgan fingerprint density at radius 2 is 2.00 bits per heavy atom. The predicted octanol–water partition coefficient (Wildman–Crippen LogP) is 3.28. The summed E-state index contributed by atoms with van der Waals surface area (Å²) in [5.74, 6) is 3.01. The zero-order chi connectivity index (χ0) is 10.6. The van der Waals surface area contributed by atoms with Crippen molar-refractivity contribution in [1.82, 2.24) is 0 Å². The summed E-state index contributed by atoms with van der Waals surface area (Å²) in [6.45, 7) is 6.97. The Bertz CT molecular complexity index is 160. The Balaban J connectivity index is 2.20. The highest BCUT2D eigenvalue weighted by atomic mass is 32.2. The average molecular weight is 215 g/mol. The molecule has 84 valence electrons. The summed E-state index contributed by atoms with van der Waals surface area (Å²) in [6, 6.07) is 0.412. The fourth-order valence-electron chi connectivity index (χ4n) is 2.03. The van der Waals surface area contributed by atoms with Gasteiger partial charge in [-0.2, -0.15) is 11.8 Å². The summed E-state index contributed by atoms with van der Waals surface area (Å²) >= 11 is 2.11. The highest BCUT2D eigenvalue weighted by Gasteiger charge is 2.24. The third-order valence-electron chi connectivity index (χ3n) is 3.62. The highest BCUT2D eigenvalue weighted by molar-refractivity contribution is 7.99. The van der Waals surface area contributed by atoms with Crippen LogP contribution in [0.5, 0.6) is 0 Å². The van der Waals surface area contributed by atoms with Crippen LogP contribution in [0.1, 0.15) is 46.5 Å². The minimum absolute atomic E-state index is 0.412. The van der Waals surface area contributed by atoms with E-state index in [2.05, 4.69) is 32.5 Å². The van der Waals surface area contributed by atoms with Crippen molar-refractivity contribution in [3.8, 4) is 0 Å². The smallest absolute Gasteiger partial charge is 0.0127 e. The van der Waals surface area contributed by atoms with Crippen LogP contribution < -0.4 is 5.73 Å². The molecule has 2 heteroatoms. The molecule has 2 N–H and O–H groups in total. The maximum atomic E-state index is 5.93. The lowest BCUT2D eigenvalue weighted by Gasteiger charge is -2.32. The SMILES string of the molecule is CCC(N)CSC1CCC(C)C(C)C1. The number of hydrogen-bond donors (Lipinski definition) is 1. The lowest BCUT2D eigenvalue weighted by molar-refractivity contribution is 0.283. The van der Waals surface area contributed by atoms with Gasteiger partial charge in [0.1, 0.15) is 0 Å². The van der Waals surface area contributed by atoms with Crippen molar-refractivity contribution >= 4 is 11.8 Å². The second-order valence-electron chi connectivity index (χ2n) is 4.89. The van der Waals surface area contributed by atoms with Crippen LogP contribution in [-0.4, -0.2) is 17.0 Å². The molecule has 14 heavy (non-hydrogen) atoms. The quantitative estimate of drug-likeness (QED) is 0.779. The van der Waals surface area contributed by atoms with Crippen molar-refractivity contribution in [3.63, 3.8) is 0 Å². The van der Waals surface area contributed by atoms with Crippen LogP contribution in [0, 0.1) is 11.8 Å². The molecule has 0 spiro atoms. The maximum Gasteiger partial charge on any atom is 0.0127 e. The third kappa shape index (κ3) is 3.82. The van der Waals surface area contributed by atoms with Gasteiger partial charge in [0, 0.05) is 17.0 Å². The first-order valence-electron chi connectivity index (χ1n) is 6.00. The minimum Gasteiger partial charge on any atom is -0.327 e. The molecular formula is C12H25NS. The number of rotatable bonds is 4. The molecule has 1 saturated carbocycles. The topological polar surface area (TPSA) is 26.0 Å². The fraction of sp³-hybridized carbons (Fsp3) is 1.00. The van der Waals surface area contributed by atoms with Gasteiger partial charge in [-0.25, -0.2) is 0 Å². The van der Waals surface area contributed by atoms with Gasteiger partial charge >= 0.3 is 0 Å². The van der Waals surface area contributed by atoms with Crippen LogP contribution in [0.3, 0.4) is 0 Å². The Morgan fingerprint density at radius 3 is 2.57 bits per heavy atom. The summed E-state index contributed by atoms with van der Waals surface area (Å²) in [5.41, 5.74) is 5.93. The summed E-state index contributed by atoms with van der Waals surface area (Å²) in [6.07, 6.45) is 5.35. The van der Waals surface area contributed by atoms with Crippen LogP contribution in [0.2, 0.25) is 0 Å². The van der Waals surface area contributed by atoms with E-state index >= 15 is 0 Å². The van der Waals surface area contributed by atoms with E-state index in [9.17, 15) is 0 Å². The van der Waals surface area contributed by atoms with Gasteiger partial charge in [0.2, 0.25) is 0 Å². The van der Waals surface area contributed by atoms with E-state index in [1.807, 2.05) is 0 Å². The predicted molar refractivity (Wildman–Crippen MR) is 66.7 cm³/mol. The van der Waals surface area contributed by atoms with Gasteiger partial charge in [-0.3, -0.25) is 0 Å². The van der Waals surface area contributed by atoms with Crippen LogP contribution in [-0.2, 0) is 0 Å². The van der Waals surface area contributed by atoms with Crippen molar-refractivity contribution in [2.45, 2.75) is 57.7 Å². The molecule has 1 nitrogen and oxygen atoms in total. The zero-order valence-corrected chi connectivity index (χ0v) is 10.6. The first-order chi connectivity index (χ1) is 6.63. The molecule has 0 aromatic heterocycles. The van der Waals surface area contributed by atoms with Gasteiger partial charge < -0.3 is 5.73 Å². The Labute approximate surface area is 93.2 Å². The number of hydrogen-bond acceptors (Lipinski definition) is 2. The molecule has 0 saturated heterocycles. The van der Waals surface area contributed by atoms with E-state index in [1.165, 1.54) is 19.3 Å². The monoisotopic (exact) mass is 215 g/mol. The molecule has 4 atom stereocenters.